The SMILES string of the molecule is O=C(NCc1sccc1Br)c1cnc(Cl)c2ccccc12. The Kier molecular flexibility index (Phi) is 4.24. The lowest BCUT2D eigenvalue weighted by atomic mass is 10.1. The highest BCUT2D eigenvalue weighted by Gasteiger charge is 2.13. The van der Waals surface area contributed by atoms with Gasteiger partial charge in [-0.2, -0.15) is 0 Å². The van der Waals surface area contributed by atoms with Gasteiger partial charge in [-0.05, 0) is 32.8 Å². The zero-order valence-corrected chi connectivity index (χ0v) is 13.9. The molecule has 0 aliphatic rings. The Balaban J connectivity index is 1.88. The smallest absolute Gasteiger partial charge is 0.253 e. The van der Waals surface area contributed by atoms with Gasteiger partial charge >= 0.3 is 0 Å². The highest BCUT2D eigenvalue weighted by Crippen LogP contribution is 2.25. The van der Waals surface area contributed by atoms with Crippen molar-refractivity contribution in [2.24, 2.45) is 0 Å². The molecule has 0 fully saturated rings. The van der Waals surface area contributed by atoms with Crippen molar-refractivity contribution in [3.8, 4) is 0 Å². The predicted octanol–water partition coefficient (Wildman–Crippen LogP) is 4.64. The van der Waals surface area contributed by atoms with E-state index < -0.39 is 0 Å². The summed E-state index contributed by atoms with van der Waals surface area (Å²) in [6, 6.07) is 9.45. The van der Waals surface area contributed by atoms with E-state index in [0.29, 0.717) is 17.3 Å². The van der Waals surface area contributed by atoms with Gasteiger partial charge in [-0.3, -0.25) is 4.79 Å². The van der Waals surface area contributed by atoms with Gasteiger partial charge in [0.2, 0.25) is 0 Å². The van der Waals surface area contributed by atoms with Crippen LogP contribution in [-0.2, 0) is 6.54 Å². The van der Waals surface area contributed by atoms with Crippen molar-refractivity contribution in [2.75, 3.05) is 0 Å². The standard InChI is InChI=1S/C15H10BrClN2OS/c16-12-5-6-21-13(12)8-19-15(20)11-7-18-14(17)10-4-2-1-3-9(10)11/h1-7H,8H2,(H,19,20). The number of rotatable bonds is 3. The van der Waals surface area contributed by atoms with Crippen molar-refractivity contribution in [3.63, 3.8) is 0 Å². The summed E-state index contributed by atoms with van der Waals surface area (Å²) >= 11 is 11.1. The summed E-state index contributed by atoms with van der Waals surface area (Å²) in [5.74, 6) is -0.157. The summed E-state index contributed by atoms with van der Waals surface area (Å²) in [6.07, 6.45) is 1.52. The minimum Gasteiger partial charge on any atom is -0.347 e. The Morgan fingerprint density at radius 3 is 2.76 bits per heavy atom. The third kappa shape index (κ3) is 2.95. The van der Waals surface area contributed by atoms with Crippen LogP contribution in [0.15, 0.2) is 46.4 Å². The maximum Gasteiger partial charge on any atom is 0.253 e. The Morgan fingerprint density at radius 1 is 1.29 bits per heavy atom. The number of halogens is 2. The van der Waals surface area contributed by atoms with Crippen LogP contribution in [0.1, 0.15) is 15.2 Å². The van der Waals surface area contributed by atoms with Gasteiger partial charge < -0.3 is 5.32 Å². The summed E-state index contributed by atoms with van der Waals surface area (Å²) < 4.78 is 1.01. The van der Waals surface area contributed by atoms with Crippen molar-refractivity contribution in [1.29, 1.82) is 0 Å². The lowest BCUT2D eigenvalue weighted by Gasteiger charge is -2.08. The Morgan fingerprint density at radius 2 is 2.05 bits per heavy atom. The zero-order valence-electron chi connectivity index (χ0n) is 10.8. The Labute approximate surface area is 139 Å². The van der Waals surface area contributed by atoms with Crippen LogP contribution in [0, 0.1) is 0 Å². The molecule has 0 atom stereocenters. The van der Waals surface area contributed by atoms with E-state index in [1.807, 2.05) is 35.7 Å². The Bertz CT molecular complexity index is 818. The summed E-state index contributed by atoms with van der Waals surface area (Å²) in [4.78, 5) is 17.5. The second-order valence-corrected chi connectivity index (χ2v) is 6.60. The van der Waals surface area contributed by atoms with Crippen molar-refractivity contribution in [2.45, 2.75) is 6.54 Å². The third-order valence-corrected chi connectivity index (χ3v) is 5.32. The molecule has 3 nitrogen and oxygen atoms in total. The van der Waals surface area contributed by atoms with Gasteiger partial charge in [-0.15, -0.1) is 11.3 Å². The third-order valence-electron chi connectivity index (χ3n) is 3.09. The van der Waals surface area contributed by atoms with Gasteiger partial charge in [-0.25, -0.2) is 4.98 Å². The number of amides is 1. The van der Waals surface area contributed by atoms with Crippen LogP contribution < -0.4 is 5.32 Å². The molecule has 1 amide bonds. The maximum atomic E-state index is 12.4. The first kappa shape index (κ1) is 14.5. The van der Waals surface area contributed by atoms with Crippen LogP contribution in [0.2, 0.25) is 5.15 Å². The van der Waals surface area contributed by atoms with E-state index in [0.717, 1.165) is 20.1 Å². The molecular formula is C15H10BrClN2OS. The first-order chi connectivity index (χ1) is 10.2. The number of carbonyl (C=O) groups excluding carboxylic acids is 1. The number of hydrogen-bond acceptors (Lipinski definition) is 3. The van der Waals surface area contributed by atoms with Gasteiger partial charge in [0.15, 0.2) is 0 Å². The van der Waals surface area contributed by atoms with Gasteiger partial charge in [0.1, 0.15) is 5.15 Å². The van der Waals surface area contributed by atoms with Gasteiger partial charge in [-0.1, -0.05) is 35.9 Å². The van der Waals surface area contributed by atoms with E-state index in [1.54, 1.807) is 11.3 Å². The summed E-state index contributed by atoms with van der Waals surface area (Å²) in [7, 11) is 0. The maximum absolute atomic E-state index is 12.4. The van der Waals surface area contributed by atoms with Crippen molar-refractivity contribution >= 4 is 55.5 Å². The molecule has 1 aromatic carbocycles. The van der Waals surface area contributed by atoms with Crippen LogP contribution in [-0.4, -0.2) is 10.9 Å². The fourth-order valence-electron chi connectivity index (χ4n) is 2.05. The Hall–Kier alpha value is -1.43. The van der Waals surface area contributed by atoms with Crippen molar-refractivity contribution in [1.82, 2.24) is 10.3 Å². The van der Waals surface area contributed by atoms with Crippen LogP contribution in [0.3, 0.4) is 0 Å². The highest BCUT2D eigenvalue weighted by molar-refractivity contribution is 9.10. The molecule has 21 heavy (non-hydrogen) atoms. The molecule has 2 heterocycles. The van der Waals surface area contributed by atoms with E-state index in [1.165, 1.54) is 6.20 Å². The largest absolute Gasteiger partial charge is 0.347 e. The van der Waals surface area contributed by atoms with E-state index in [4.69, 9.17) is 11.6 Å². The fraction of sp³-hybridized carbons (Fsp3) is 0.0667. The minimum atomic E-state index is -0.157. The number of nitrogens with one attached hydrogen (secondary N) is 1. The number of aromatic nitrogens is 1. The van der Waals surface area contributed by atoms with Crippen LogP contribution >= 0.6 is 38.9 Å². The van der Waals surface area contributed by atoms with Crippen molar-refractivity contribution in [3.05, 3.63) is 62.0 Å². The van der Waals surface area contributed by atoms with Crippen LogP contribution in [0.25, 0.3) is 10.8 Å². The van der Waals surface area contributed by atoms with Gasteiger partial charge in [0.05, 0.1) is 12.1 Å². The molecule has 0 radical (unpaired) electrons. The van der Waals surface area contributed by atoms with E-state index in [2.05, 4.69) is 26.2 Å². The van der Waals surface area contributed by atoms with E-state index in [9.17, 15) is 4.79 Å². The van der Waals surface area contributed by atoms with Crippen LogP contribution in [0.4, 0.5) is 0 Å². The van der Waals surface area contributed by atoms with Gasteiger partial charge in [0.25, 0.3) is 5.91 Å². The lowest BCUT2D eigenvalue weighted by Crippen LogP contribution is -2.23. The number of benzene rings is 1. The monoisotopic (exact) mass is 380 g/mol. The number of thiophene rings is 1. The molecule has 106 valence electrons. The highest BCUT2D eigenvalue weighted by atomic mass is 79.9. The molecule has 3 aromatic rings. The van der Waals surface area contributed by atoms with E-state index in [-0.39, 0.29) is 5.91 Å². The van der Waals surface area contributed by atoms with Crippen molar-refractivity contribution < 1.29 is 4.79 Å². The normalized spacial score (nSPS) is 10.8. The summed E-state index contributed by atoms with van der Waals surface area (Å²) in [5, 5.41) is 6.88. The molecular weight excluding hydrogens is 372 g/mol. The van der Waals surface area contributed by atoms with E-state index >= 15 is 0 Å². The number of pyridine rings is 1. The molecule has 2 aromatic heterocycles. The molecule has 6 heteroatoms. The molecule has 3 rings (SSSR count). The average Bonchev–Trinajstić information content (AvgIpc) is 2.91. The molecule has 1 N–H and O–H groups in total. The number of hydrogen-bond donors (Lipinski definition) is 1. The minimum absolute atomic E-state index is 0.157. The predicted molar refractivity (Wildman–Crippen MR) is 89.9 cm³/mol. The lowest BCUT2D eigenvalue weighted by molar-refractivity contribution is 0.0952. The topological polar surface area (TPSA) is 42.0 Å². The molecule has 0 aliphatic heterocycles. The van der Waals surface area contributed by atoms with Crippen LogP contribution in [0.5, 0.6) is 0 Å². The first-order valence-electron chi connectivity index (χ1n) is 6.20. The molecule has 0 saturated carbocycles. The number of carbonyl (C=O) groups is 1. The number of fused-ring (bicyclic) bond motifs is 1. The molecule has 0 saturated heterocycles. The summed E-state index contributed by atoms with van der Waals surface area (Å²) in [5.41, 5.74) is 0.530. The van der Waals surface area contributed by atoms with Gasteiger partial charge in [0, 0.05) is 20.9 Å². The second kappa shape index (κ2) is 6.13. The average molecular weight is 382 g/mol. The molecule has 0 unspecified atom stereocenters. The number of nitrogens with zero attached hydrogens (tertiary/aromatic N) is 1. The zero-order chi connectivity index (χ0) is 14.8. The molecule has 0 spiro atoms. The fourth-order valence-corrected chi connectivity index (χ4v) is 3.69. The molecule has 0 aliphatic carbocycles. The first-order valence-corrected chi connectivity index (χ1v) is 8.25. The quantitative estimate of drug-likeness (QED) is 0.671. The second-order valence-electron chi connectivity index (χ2n) is 4.38. The molecule has 0 bridgehead atoms. The summed E-state index contributed by atoms with van der Waals surface area (Å²) in [6.45, 7) is 0.480.